The summed E-state index contributed by atoms with van der Waals surface area (Å²) in [5, 5.41) is 14.3. The van der Waals surface area contributed by atoms with Gasteiger partial charge in [0.25, 0.3) is 11.6 Å². The van der Waals surface area contributed by atoms with Gasteiger partial charge < -0.3 is 15.0 Å². The third kappa shape index (κ3) is 3.83. The van der Waals surface area contributed by atoms with Crippen molar-refractivity contribution in [3.63, 3.8) is 0 Å². The van der Waals surface area contributed by atoms with E-state index in [1.54, 1.807) is 18.1 Å². The Kier molecular flexibility index (Phi) is 5.48. The molecule has 7 nitrogen and oxygen atoms in total. The second-order valence-corrected chi connectivity index (χ2v) is 6.15. The van der Waals surface area contributed by atoms with E-state index in [0.29, 0.717) is 37.5 Å². The van der Waals surface area contributed by atoms with Crippen molar-refractivity contribution in [2.75, 3.05) is 32.1 Å². The maximum absolute atomic E-state index is 13.1. The fourth-order valence-electron chi connectivity index (χ4n) is 3.10. The molecule has 0 aliphatic carbocycles. The Labute approximate surface area is 151 Å². The van der Waals surface area contributed by atoms with E-state index in [0.717, 1.165) is 12.0 Å². The van der Waals surface area contributed by atoms with Gasteiger partial charge in [-0.2, -0.15) is 0 Å². The van der Waals surface area contributed by atoms with Gasteiger partial charge in [-0.05, 0) is 23.6 Å². The van der Waals surface area contributed by atoms with Crippen LogP contribution in [0.15, 0.2) is 42.5 Å². The number of carbonyl (C=O) groups excluding carboxylic acids is 1. The van der Waals surface area contributed by atoms with Crippen molar-refractivity contribution in [2.24, 2.45) is 0 Å². The summed E-state index contributed by atoms with van der Waals surface area (Å²) in [4.78, 5) is 25.5. The van der Waals surface area contributed by atoms with E-state index in [4.69, 9.17) is 4.74 Å². The van der Waals surface area contributed by atoms with Crippen LogP contribution in [0.5, 0.6) is 0 Å². The second kappa shape index (κ2) is 7.97. The molecule has 136 valence electrons. The average Bonchev–Trinajstić information content (AvgIpc) is 2.67. The number of anilines is 1. The molecule has 0 atom stereocenters. The minimum absolute atomic E-state index is 0.0944. The monoisotopic (exact) mass is 355 g/mol. The van der Waals surface area contributed by atoms with Crippen LogP contribution in [-0.2, 0) is 17.7 Å². The van der Waals surface area contributed by atoms with Crippen molar-refractivity contribution in [1.82, 2.24) is 4.90 Å². The molecule has 0 saturated heterocycles. The minimum Gasteiger partial charge on any atom is -0.383 e. The van der Waals surface area contributed by atoms with Gasteiger partial charge in [-0.25, -0.2) is 0 Å². The van der Waals surface area contributed by atoms with E-state index >= 15 is 0 Å². The van der Waals surface area contributed by atoms with Crippen molar-refractivity contribution >= 4 is 17.3 Å². The number of rotatable bonds is 6. The average molecular weight is 355 g/mol. The molecule has 0 bridgehead atoms. The molecule has 0 unspecified atom stereocenters. The fourth-order valence-corrected chi connectivity index (χ4v) is 3.10. The predicted octanol–water partition coefficient (Wildman–Crippen LogP) is 2.85. The first-order chi connectivity index (χ1) is 12.6. The Morgan fingerprint density at radius 1 is 1.27 bits per heavy atom. The summed E-state index contributed by atoms with van der Waals surface area (Å²) in [6.07, 6.45) is 0.781. The van der Waals surface area contributed by atoms with Crippen LogP contribution >= 0.6 is 0 Å². The molecule has 0 saturated carbocycles. The molecule has 0 aromatic heterocycles. The van der Waals surface area contributed by atoms with Gasteiger partial charge in [-0.15, -0.1) is 0 Å². The van der Waals surface area contributed by atoms with Gasteiger partial charge >= 0.3 is 0 Å². The summed E-state index contributed by atoms with van der Waals surface area (Å²) < 4.78 is 5.02. The fraction of sp³-hybridized carbons (Fsp3) is 0.316. The van der Waals surface area contributed by atoms with Crippen LogP contribution in [0.4, 0.5) is 11.4 Å². The first-order valence-corrected chi connectivity index (χ1v) is 8.47. The van der Waals surface area contributed by atoms with E-state index < -0.39 is 4.92 Å². The number of nitro groups is 1. The van der Waals surface area contributed by atoms with Gasteiger partial charge in [-0.1, -0.05) is 24.3 Å². The van der Waals surface area contributed by atoms with Gasteiger partial charge in [0.2, 0.25) is 0 Å². The van der Waals surface area contributed by atoms with Crippen molar-refractivity contribution < 1.29 is 14.5 Å². The van der Waals surface area contributed by atoms with Crippen molar-refractivity contribution in [1.29, 1.82) is 0 Å². The first-order valence-electron chi connectivity index (χ1n) is 8.47. The Bertz CT molecular complexity index is 822. The van der Waals surface area contributed by atoms with Crippen LogP contribution in [0.25, 0.3) is 0 Å². The molecule has 26 heavy (non-hydrogen) atoms. The number of nitrogens with one attached hydrogen (secondary N) is 1. The SMILES string of the molecule is COCCNc1ccc([N+](=O)[O-])cc1C(=O)N1CCc2ccccc2C1. The third-order valence-electron chi connectivity index (χ3n) is 4.48. The molecular weight excluding hydrogens is 334 g/mol. The number of non-ortho nitro benzene ring substituents is 1. The molecule has 2 aromatic carbocycles. The van der Waals surface area contributed by atoms with Crippen LogP contribution in [0.2, 0.25) is 0 Å². The maximum Gasteiger partial charge on any atom is 0.270 e. The normalized spacial score (nSPS) is 13.2. The number of nitro benzene ring substituents is 1. The molecule has 2 aromatic rings. The number of ether oxygens (including phenoxy) is 1. The largest absolute Gasteiger partial charge is 0.383 e. The lowest BCUT2D eigenvalue weighted by molar-refractivity contribution is -0.384. The number of methoxy groups -OCH3 is 1. The second-order valence-electron chi connectivity index (χ2n) is 6.15. The molecule has 1 aliphatic heterocycles. The number of fused-ring (bicyclic) bond motifs is 1. The summed E-state index contributed by atoms with van der Waals surface area (Å²) in [5.74, 6) is -0.205. The number of hydrogen-bond acceptors (Lipinski definition) is 5. The third-order valence-corrected chi connectivity index (χ3v) is 4.48. The van der Waals surface area contributed by atoms with E-state index in [1.807, 2.05) is 18.2 Å². The molecule has 0 radical (unpaired) electrons. The molecule has 1 N–H and O–H groups in total. The van der Waals surface area contributed by atoms with Crippen LogP contribution in [0, 0.1) is 10.1 Å². The zero-order chi connectivity index (χ0) is 18.5. The molecule has 0 fully saturated rings. The Morgan fingerprint density at radius 3 is 2.77 bits per heavy atom. The summed E-state index contributed by atoms with van der Waals surface area (Å²) >= 11 is 0. The standard InChI is InChI=1S/C19H21N3O4/c1-26-11-9-20-18-7-6-16(22(24)25)12-17(18)19(23)21-10-8-14-4-2-3-5-15(14)13-21/h2-7,12,20H,8-11,13H2,1H3. The van der Waals surface area contributed by atoms with Crippen LogP contribution in [0.3, 0.4) is 0 Å². The lowest BCUT2D eigenvalue weighted by atomic mass is 9.99. The first kappa shape index (κ1) is 17.9. The quantitative estimate of drug-likeness (QED) is 0.489. The molecular formula is C19H21N3O4. The summed E-state index contributed by atoms with van der Waals surface area (Å²) in [6.45, 7) is 2.09. The lowest BCUT2D eigenvalue weighted by Crippen LogP contribution is -2.36. The van der Waals surface area contributed by atoms with Gasteiger partial charge in [-0.3, -0.25) is 14.9 Å². The van der Waals surface area contributed by atoms with Gasteiger partial charge in [0.1, 0.15) is 0 Å². The van der Waals surface area contributed by atoms with Crippen molar-refractivity contribution in [3.05, 3.63) is 69.3 Å². The van der Waals surface area contributed by atoms with Gasteiger partial charge in [0, 0.05) is 44.6 Å². The Morgan fingerprint density at radius 2 is 2.04 bits per heavy atom. The van der Waals surface area contributed by atoms with Crippen LogP contribution in [-0.4, -0.2) is 42.5 Å². The van der Waals surface area contributed by atoms with E-state index in [9.17, 15) is 14.9 Å². The lowest BCUT2D eigenvalue weighted by Gasteiger charge is -2.29. The molecule has 1 amide bonds. The van der Waals surface area contributed by atoms with Gasteiger partial charge in [0.15, 0.2) is 0 Å². The van der Waals surface area contributed by atoms with Crippen molar-refractivity contribution in [3.8, 4) is 0 Å². The molecule has 3 rings (SSSR count). The van der Waals surface area contributed by atoms with Crippen molar-refractivity contribution in [2.45, 2.75) is 13.0 Å². The Balaban J connectivity index is 1.87. The summed E-state index contributed by atoms with van der Waals surface area (Å²) in [7, 11) is 1.59. The number of nitrogens with zero attached hydrogens (tertiary/aromatic N) is 2. The number of hydrogen-bond donors (Lipinski definition) is 1. The number of benzene rings is 2. The zero-order valence-corrected chi connectivity index (χ0v) is 14.6. The van der Waals surface area contributed by atoms with Gasteiger partial charge in [0.05, 0.1) is 17.1 Å². The highest BCUT2D eigenvalue weighted by Gasteiger charge is 2.25. The number of carbonyl (C=O) groups is 1. The zero-order valence-electron chi connectivity index (χ0n) is 14.6. The molecule has 0 spiro atoms. The summed E-state index contributed by atoms with van der Waals surface area (Å²) in [6, 6.07) is 12.4. The van der Waals surface area contributed by atoms with E-state index in [-0.39, 0.29) is 11.6 Å². The van der Waals surface area contributed by atoms with Crippen LogP contribution in [0.1, 0.15) is 21.5 Å². The molecule has 1 heterocycles. The smallest absolute Gasteiger partial charge is 0.270 e. The highest BCUT2D eigenvalue weighted by molar-refractivity contribution is 6.00. The molecule has 7 heteroatoms. The van der Waals surface area contributed by atoms with E-state index in [1.165, 1.54) is 17.7 Å². The highest BCUT2D eigenvalue weighted by atomic mass is 16.6. The Hall–Kier alpha value is -2.93. The maximum atomic E-state index is 13.1. The van der Waals surface area contributed by atoms with E-state index in [2.05, 4.69) is 11.4 Å². The van der Waals surface area contributed by atoms with Crippen LogP contribution < -0.4 is 5.32 Å². The predicted molar refractivity (Wildman–Crippen MR) is 98.3 cm³/mol. The highest BCUT2D eigenvalue weighted by Crippen LogP contribution is 2.26. The molecule has 1 aliphatic rings. The number of amides is 1. The topological polar surface area (TPSA) is 84.7 Å². The minimum atomic E-state index is -0.485. The summed E-state index contributed by atoms with van der Waals surface area (Å²) in [5.41, 5.74) is 3.16.